The monoisotopic (exact) mass is 445 g/mol. The first-order valence-electron chi connectivity index (χ1n) is 9.26. The lowest BCUT2D eigenvalue weighted by molar-refractivity contribution is -0.384. The van der Waals surface area contributed by atoms with Crippen LogP contribution in [0.4, 0.5) is 11.4 Å². The molecule has 10 heteroatoms. The van der Waals surface area contributed by atoms with Crippen molar-refractivity contribution in [3.05, 3.63) is 75.1 Å². The highest BCUT2D eigenvalue weighted by Crippen LogP contribution is 2.29. The number of carbonyl (C=O) groups is 1. The molecule has 0 saturated carbocycles. The molecule has 0 aliphatic heterocycles. The molecule has 1 atom stereocenters. The molecule has 0 radical (unpaired) electrons. The third-order valence-electron chi connectivity index (χ3n) is 4.38. The molecular weight excluding hydrogens is 426 g/mol. The van der Waals surface area contributed by atoms with Gasteiger partial charge >= 0.3 is 0 Å². The smallest absolute Gasteiger partial charge is 0.271 e. The average Bonchev–Trinajstić information content (AvgIpc) is 3.11. The summed E-state index contributed by atoms with van der Waals surface area (Å²) >= 11 is 7.34. The minimum absolute atomic E-state index is 0.147. The molecule has 0 aliphatic carbocycles. The van der Waals surface area contributed by atoms with Gasteiger partial charge in [0.2, 0.25) is 5.91 Å². The second-order valence-electron chi connectivity index (χ2n) is 6.48. The number of non-ortho nitro benzene ring substituents is 1. The van der Waals surface area contributed by atoms with Crippen molar-refractivity contribution < 1.29 is 9.72 Å². The maximum Gasteiger partial charge on any atom is 0.271 e. The van der Waals surface area contributed by atoms with E-state index in [2.05, 4.69) is 15.5 Å². The summed E-state index contributed by atoms with van der Waals surface area (Å²) in [6.45, 7) is 4.40. The van der Waals surface area contributed by atoms with Crippen LogP contribution >= 0.6 is 23.4 Å². The first-order valence-corrected chi connectivity index (χ1v) is 10.5. The number of anilines is 1. The lowest BCUT2D eigenvalue weighted by Crippen LogP contribution is -2.23. The predicted octanol–water partition coefficient (Wildman–Crippen LogP) is 4.57. The fraction of sp³-hybridized carbons (Fsp3) is 0.250. The van der Waals surface area contributed by atoms with Crippen molar-refractivity contribution >= 4 is 40.6 Å². The highest BCUT2D eigenvalue weighted by atomic mass is 35.5. The molecule has 1 heterocycles. The number of hydrogen-bond donors (Lipinski definition) is 1. The molecular formula is C20H20ClN5O3S. The molecule has 0 saturated heterocycles. The molecule has 30 heavy (non-hydrogen) atoms. The SMILES string of the molecule is CCn1c(Cc2ccccc2)nnc1SC(C)C(=O)Nc1cc([N+](=O)[O-])ccc1Cl. The summed E-state index contributed by atoms with van der Waals surface area (Å²) in [6.07, 6.45) is 0.645. The summed E-state index contributed by atoms with van der Waals surface area (Å²) in [5, 5.41) is 22.5. The van der Waals surface area contributed by atoms with Gasteiger partial charge in [-0.25, -0.2) is 0 Å². The fourth-order valence-corrected chi connectivity index (χ4v) is 3.90. The van der Waals surface area contributed by atoms with Crippen LogP contribution in [0.25, 0.3) is 0 Å². The molecule has 2 aromatic carbocycles. The van der Waals surface area contributed by atoms with Crippen LogP contribution in [0.1, 0.15) is 25.2 Å². The van der Waals surface area contributed by atoms with Crippen molar-refractivity contribution in [2.45, 2.75) is 37.2 Å². The Labute approximate surface area is 182 Å². The highest BCUT2D eigenvalue weighted by molar-refractivity contribution is 8.00. The van der Waals surface area contributed by atoms with Crippen LogP contribution in [0.2, 0.25) is 5.02 Å². The van der Waals surface area contributed by atoms with E-state index in [9.17, 15) is 14.9 Å². The Morgan fingerprint density at radius 2 is 2.00 bits per heavy atom. The van der Waals surface area contributed by atoms with Crippen molar-refractivity contribution in [3.8, 4) is 0 Å². The van der Waals surface area contributed by atoms with E-state index in [1.54, 1.807) is 6.92 Å². The van der Waals surface area contributed by atoms with Crippen molar-refractivity contribution in [2.75, 3.05) is 5.32 Å². The largest absolute Gasteiger partial charge is 0.324 e. The van der Waals surface area contributed by atoms with E-state index in [0.717, 1.165) is 11.4 Å². The first-order chi connectivity index (χ1) is 14.4. The molecule has 0 aliphatic rings. The Bertz CT molecular complexity index is 1060. The molecule has 0 bridgehead atoms. The van der Waals surface area contributed by atoms with E-state index in [1.807, 2.05) is 41.8 Å². The number of thioether (sulfide) groups is 1. The number of nitro benzene ring substituents is 1. The van der Waals surface area contributed by atoms with Crippen LogP contribution in [-0.2, 0) is 17.8 Å². The molecule has 1 N–H and O–H groups in total. The van der Waals surface area contributed by atoms with Crippen LogP contribution in [-0.4, -0.2) is 30.8 Å². The van der Waals surface area contributed by atoms with E-state index >= 15 is 0 Å². The van der Waals surface area contributed by atoms with Gasteiger partial charge in [-0.3, -0.25) is 14.9 Å². The fourth-order valence-electron chi connectivity index (χ4n) is 2.80. The van der Waals surface area contributed by atoms with Crippen LogP contribution in [0, 0.1) is 10.1 Å². The van der Waals surface area contributed by atoms with Crippen LogP contribution < -0.4 is 5.32 Å². The Morgan fingerprint density at radius 3 is 2.67 bits per heavy atom. The molecule has 0 spiro atoms. The van der Waals surface area contributed by atoms with Gasteiger partial charge in [0, 0.05) is 25.1 Å². The Balaban J connectivity index is 1.71. The molecule has 1 aromatic heterocycles. The molecule has 0 fully saturated rings. The maximum absolute atomic E-state index is 12.6. The maximum atomic E-state index is 12.6. The first kappa shape index (κ1) is 21.8. The Kier molecular flexibility index (Phi) is 7.07. The summed E-state index contributed by atoms with van der Waals surface area (Å²) in [5.41, 5.74) is 1.18. The topological polar surface area (TPSA) is 103 Å². The van der Waals surface area contributed by atoms with E-state index in [0.29, 0.717) is 18.1 Å². The number of carbonyl (C=O) groups excluding carboxylic acids is 1. The quantitative estimate of drug-likeness (QED) is 0.309. The third kappa shape index (κ3) is 5.17. The summed E-state index contributed by atoms with van der Waals surface area (Å²) in [5.74, 6) is 0.484. The minimum atomic E-state index is -0.540. The summed E-state index contributed by atoms with van der Waals surface area (Å²) in [4.78, 5) is 23.0. The molecule has 1 amide bonds. The average molecular weight is 446 g/mol. The number of nitro groups is 1. The van der Waals surface area contributed by atoms with Crippen molar-refractivity contribution in [3.63, 3.8) is 0 Å². The number of rotatable bonds is 8. The number of nitrogens with zero attached hydrogens (tertiary/aromatic N) is 4. The molecule has 8 nitrogen and oxygen atoms in total. The minimum Gasteiger partial charge on any atom is -0.324 e. The Hall–Kier alpha value is -2.91. The van der Waals surface area contributed by atoms with Crippen LogP contribution in [0.3, 0.4) is 0 Å². The predicted molar refractivity (Wildman–Crippen MR) is 117 cm³/mol. The third-order valence-corrected chi connectivity index (χ3v) is 5.79. The van der Waals surface area contributed by atoms with Gasteiger partial charge in [-0.15, -0.1) is 10.2 Å². The zero-order chi connectivity index (χ0) is 21.7. The van der Waals surface area contributed by atoms with Crippen molar-refractivity contribution in [1.29, 1.82) is 0 Å². The van der Waals surface area contributed by atoms with Crippen LogP contribution in [0.5, 0.6) is 0 Å². The number of nitrogens with one attached hydrogen (secondary N) is 1. The Morgan fingerprint density at radius 1 is 1.27 bits per heavy atom. The number of aromatic nitrogens is 3. The van der Waals surface area contributed by atoms with Gasteiger partial charge in [0.15, 0.2) is 5.16 Å². The number of amides is 1. The normalized spacial score (nSPS) is 11.8. The standard InChI is InChI=1S/C20H20ClN5O3S/c1-3-25-18(11-14-7-5-4-6-8-14)23-24-20(25)30-13(2)19(27)22-17-12-15(26(28)29)9-10-16(17)21/h4-10,12-13H,3,11H2,1-2H3,(H,22,27). The van der Waals surface area contributed by atoms with Crippen LogP contribution in [0.15, 0.2) is 53.7 Å². The van der Waals surface area contributed by atoms with Gasteiger partial charge < -0.3 is 9.88 Å². The summed E-state index contributed by atoms with van der Waals surface area (Å²) in [7, 11) is 0. The van der Waals surface area contributed by atoms with E-state index in [4.69, 9.17) is 11.6 Å². The van der Waals surface area contributed by atoms with Crippen molar-refractivity contribution in [2.24, 2.45) is 0 Å². The van der Waals surface area contributed by atoms with Gasteiger partial charge in [-0.2, -0.15) is 0 Å². The van der Waals surface area contributed by atoms with Gasteiger partial charge in [0.05, 0.1) is 20.9 Å². The number of halogens is 1. The zero-order valence-electron chi connectivity index (χ0n) is 16.4. The van der Waals surface area contributed by atoms with Crippen molar-refractivity contribution in [1.82, 2.24) is 14.8 Å². The lowest BCUT2D eigenvalue weighted by atomic mass is 10.1. The second-order valence-corrected chi connectivity index (χ2v) is 8.19. The van der Waals surface area contributed by atoms with Gasteiger partial charge in [0.1, 0.15) is 5.82 Å². The lowest BCUT2D eigenvalue weighted by Gasteiger charge is -2.13. The van der Waals surface area contributed by atoms with E-state index in [-0.39, 0.29) is 22.3 Å². The van der Waals surface area contributed by atoms with Gasteiger partial charge in [-0.1, -0.05) is 53.7 Å². The summed E-state index contributed by atoms with van der Waals surface area (Å²) < 4.78 is 1.97. The molecule has 3 rings (SSSR count). The highest BCUT2D eigenvalue weighted by Gasteiger charge is 2.21. The number of benzene rings is 2. The molecule has 156 valence electrons. The van der Waals surface area contributed by atoms with Gasteiger partial charge in [0.25, 0.3) is 5.69 Å². The zero-order valence-corrected chi connectivity index (χ0v) is 18.0. The van der Waals surface area contributed by atoms with E-state index in [1.165, 1.54) is 30.0 Å². The van der Waals surface area contributed by atoms with E-state index < -0.39 is 10.2 Å². The summed E-state index contributed by atoms with van der Waals surface area (Å²) in [6, 6.07) is 13.9. The molecule has 1 unspecified atom stereocenters. The molecule has 3 aromatic rings. The van der Waals surface area contributed by atoms with Gasteiger partial charge in [-0.05, 0) is 25.5 Å². The second kappa shape index (κ2) is 9.73. The number of hydrogen-bond acceptors (Lipinski definition) is 6.